The Bertz CT molecular complexity index is 1160. The van der Waals surface area contributed by atoms with Gasteiger partial charge in [-0.2, -0.15) is 4.98 Å². The molecule has 0 unspecified atom stereocenters. The van der Waals surface area contributed by atoms with Gasteiger partial charge in [0, 0.05) is 24.5 Å². The Morgan fingerprint density at radius 2 is 1.85 bits per heavy atom. The van der Waals surface area contributed by atoms with Gasteiger partial charge in [0.05, 0.1) is 6.61 Å². The van der Waals surface area contributed by atoms with E-state index in [-0.39, 0.29) is 12.6 Å². The molecule has 1 atom stereocenters. The van der Waals surface area contributed by atoms with Crippen LogP contribution >= 0.6 is 0 Å². The summed E-state index contributed by atoms with van der Waals surface area (Å²) < 4.78 is 11.0. The van der Waals surface area contributed by atoms with E-state index in [1.54, 1.807) is 18.4 Å². The van der Waals surface area contributed by atoms with Crippen LogP contribution in [0.1, 0.15) is 44.6 Å². The van der Waals surface area contributed by atoms with Gasteiger partial charge in [0.1, 0.15) is 6.54 Å². The minimum atomic E-state index is -0.623. The molecule has 0 spiro atoms. The van der Waals surface area contributed by atoms with Gasteiger partial charge in [-0.05, 0) is 34.1 Å². The van der Waals surface area contributed by atoms with Crippen molar-refractivity contribution in [2.75, 3.05) is 6.61 Å². The lowest BCUT2D eigenvalue weighted by Gasteiger charge is -2.13. The molecule has 0 radical (unpaired) electrons. The van der Waals surface area contributed by atoms with Gasteiger partial charge in [0.2, 0.25) is 5.78 Å². The predicted molar refractivity (Wildman–Crippen MR) is 101 cm³/mol. The van der Waals surface area contributed by atoms with E-state index in [1.165, 1.54) is 4.57 Å². The highest BCUT2D eigenvalue weighted by Crippen LogP contribution is 2.25. The molecule has 9 nitrogen and oxygen atoms in total. The molecule has 9 heteroatoms. The molecule has 0 aliphatic carbocycles. The number of hydrogen-bond acceptors (Lipinski definition) is 5. The normalized spacial score (nSPS) is 12.8. The number of carbonyl (C=O) groups is 1. The Labute approximate surface area is 155 Å². The van der Waals surface area contributed by atoms with Crippen LogP contribution in [-0.2, 0) is 23.1 Å². The van der Waals surface area contributed by atoms with Gasteiger partial charge in [-0.15, -0.1) is 0 Å². The molecule has 0 N–H and O–H groups in total. The highest BCUT2D eigenvalue weighted by Gasteiger charge is 2.24. The monoisotopic (exact) mass is 375 g/mol. The van der Waals surface area contributed by atoms with E-state index in [2.05, 4.69) is 23.4 Å². The Hall–Kier alpha value is -2.84. The molecule has 0 aliphatic rings. The van der Waals surface area contributed by atoms with Crippen molar-refractivity contribution >= 4 is 22.9 Å². The number of nitrogens with zero attached hydrogens (tertiary/aromatic N) is 5. The van der Waals surface area contributed by atoms with E-state index in [4.69, 9.17) is 4.74 Å². The number of fused-ring (bicyclic) bond motifs is 3. The van der Waals surface area contributed by atoms with Crippen molar-refractivity contribution in [3.8, 4) is 0 Å². The van der Waals surface area contributed by atoms with Crippen molar-refractivity contribution in [2.24, 2.45) is 7.05 Å². The third kappa shape index (κ3) is 2.68. The number of carbonyl (C=O) groups excluding carboxylic acids is 1. The lowest BCUT2D eigenvalue weighted by molar-refractivity contribution is -0.143. The molecule has 0 saturated heterocycles. The number of aryl methyl sites for hydroxylation is 2. The molecule has 0 saturated carbocycles. The average Bonchev–Trinajstić information content (AvgIpc) is 3.13. The molecular formula is C18H25N5O4. The SMILES string of the molecule is CCOC(=O)Cn1c(=O)c2c(nc3n([C@H](C)CC)c(C)c(C)n23)n(C)c1=O. The number of esters is 1. The summed E-state index contributed by atoms with van der Waals surface area (Å²) >= 11 is 0. The Morgan fingerprint density at radius 3 is 2.44 bits per heavy atom. The minimum Gasteiger partial charge on any atom is -0.465 e. The zero-order valence-electron chi connectivity index (χ0n) is 16.6. The maximum absolute atomic E-state index is 13.1. The molecule has 3 rings (SSSR count). The van der Waals surface area contributed by atoms with Gasteiger partial charge >= 0.3 is 11.7 Å². The standard InChI is InChI=1S/C18H25N5O4/c1-7-10(3)22-11(4)12(5)23-14-15(19-17(22)23)20(6)18(26)21(16(14)25)9-13(24)27-8-2/h10H,7-9H2,1-6H3/t10-/m1/s1. The van der Waals surface area contributed by atoms with Gasteiger partial charge in [0.15, 0.2) is 11.2 Å². The van der Waals surface area contributed by atoms with E-state index < -0.39 is 23.8 Å². The van der Waals surface area contributed by atoms with E-state index in [9.17, 15) is 14.4 Å². The molecule has 0 fully saturated rings. The van der Waals surface area contributed by atoms with Crippen LogP contribution in [0.3, 0.4) is 0 Å². The molecule has 27 heavy (non-hydrogen) atoms. The van der Waals surface area contributed by atoms with Crippen LogP contribution in [0.5, 0.6) is 0 Å². The summed E-state index contributed by atoms with van der Waals surface area (Å²) in [6, 6.07) is 0.191. The number of imidazole rings is 2. The number of rotatable bonds is 5. The largest absolute Gasteiger partial charge is 0.465 e. The third-order valence-electron chi connectivity index (χ3n) is 5.18. The number of ether oxygens (including phenoxy) is 1. The maximum atomic E-state index is 13.1. The topological polar surface area (TPSA) is 92.5 Å². The molecule has 0 amide bonds. The first-order chi connectivity index (χ1) is 12.7. The molecular weight excluding hydrogens is 350 g/mol. The second-order valence-electron chi connectivity index (χ2n) is 6.76. The van der Waals surface area contributed by atoms with Gasteiger partial charge in [-0.25, -0.2) is 9.36 Å². The highest BCUT2D eigenvalue weighted by atomic mass is 16.5. The maximum Gasteiger partial charge on any atom is 0.333 e. The lowest BCUT2D eigenvalue weighted by Crippen LogP contribution is -2.41. The van der Waals surface area contributed by atoms with Crippen molar-refractivity contribution in [1.29, 1.82) is 0 Å². The Balaban J connectivity index is 2.42. The molecule has 3 heterocycles. The summed E-state index contributed by atoms with van der Waals surface area (Å²) in [5.41, 5.74) is 1.35. The molecule has 3 aromatic rings. The first kappa shape index (κ1) is 18.9. The molecule has 146 valence electrons. The van der Waals surface area contributed by atoms with Gasteiger partial charge < -0.3 is 9.30 Å². The summed E-state index contributed by atoms with van der Waals surface area (Å²) in [4.78, 5) is 42.2. The summed E-state index contributed by atoms with van der Waals surface area (Å²) in [6.45, 7) is 9.51. The number of hydrogen-bond donors (Lipinski definition) is 0. The van der Waals surface area contributed by atoms with Crippen molar-refractivity contribution < 1.29 is 9.53 Å². The number of aromatic nitrogens is 5. The van der Waals surface area contributed by atoms with Crippen LogP contribution in [0.15, 0.2) is 9.59 Å². The summed E-state index contributed by atoms with van der Waals surface area (Å²) in [6.07, 6.45) is 0.903. The fourth-order valence-corrected chi connectivity index (χ4v) is 3.46. The van der Waals surface area contributed by atoms with Gasteiger partial charge in [0.25, 0.3) is 5.56 Å². The fourth-order valence-electron chi connectivity index (χ4n) is 3.46. The summed E-state index contributed by atoms with van der Waals surface area (Å²) in [5.74, 6) is -0.00257. The van der Waals surface area contributed by atoms with Crippen molar-refractivity contribution in [3.05, 3.63) is 32.2 Å². The second kappa shape index (κ2) is 6.71. The second-order valence-corrected chi connectivity index (χ2v) is 6.76. The zero-order chi connectivity index (χ0) is 20.0. The average molecular weight is 375 g/mol. The molecule has 3 aromatic heterocycles. The highest BCUT2D eigenvalue weighted by molar-refractivity contribution is 5.77. The quantitative estimate of drug-likeness (QED) is 0.627. The van der Waals surface area contributed by atoms with Crippen molar-refractivity contribution in [2.45, 2.75) is 53.6 Å². The third-order valence-corrected chi connectivity index (χ3v) is 5.18. The molecule has 0 aliphatic heterocycles. The zero-order valence-corrected chi connectivity index (χ0v) is 16.6. The van der Waals surface area contributed by atoms with Crippen molar-refractivity contribution in [1.82, 2.24) is 23.1 Å². The Morgan fingerprint density at radius 1 is 1.19 bits per heavy atom. The van der Waals surface area contributed by atoms with E-state index in [0.717, 1.165) is 22.4 Å². The smallest absolute Gasteiger partial charge is 0.333 e. The van der Waals surface area contributed by atoms with Gasteiger partial charge in [-0.3, -0.25) is 18.6 Å². The van der Waals surface area contributed by atoms with Gasteiger partial charge in [-0.1, -0.05) is 6.92 Å². The van der Waals surface area contributed by atoms with Crippen LogP contribution in [0, 0.1) is 13.8 Å². The minimum absolute atomic E-state index is 0.184. The van der Waals surface area contributed by atoms with E-state index in [1.807, 2.05) is 13.8 Å². The van der Waals surface area contributed by atoms with Crippen LogP contribution < -0.4 is 11.2 Å². The lowest BCUT2D eigenvalue weighted by atomic mass is 10.2. The molecule has 0 aromatic carbocycles. The van der Waals surface area contributed by atoms with E-state index >= 15 is 0 Å². The summed E-state index contributed by atoms with van der Waals surface area (Å²) in [5, 5.41) is 0. The summed E-state index contributed by atoms with van der Waals surface area (Å²) in [7, 11) is 1.55. The van der Waals surface area contributed by atoms with Crippen LogP contribution in [-0.4, -0.2) is 35.7 Å². The van der Waals surface area contributed by atoms with Crippen LogP contribution in [0.2, 0.25) is 0 Å². The van der Waals surface area contributed by atoms with Crippen LogP contribution in [0.25, 0.3) is 16.9 Å². The van der Waals surface area contributed by atoms with Crippen molar-refractivity contribution in [3.63, 3.8) is 0 Å². The molecule has 0 bridgehead atoms. The first-order valence-corrected chi connectivity index (χ1v) is 9.09. The fraction of sp³-hybridized carbons (Fsp3) is 0.556. The first-order valence-electron chi connectivity index (χ1n) is 9.09. The van der Waals surface area contributed by atoms with E-state index in [0.29, 0.717) is 16.9 Å². The predicted octanol–water partition coefficient (Wildman–Crippen LogP) is 1.30. The Kier molecular flexibility index (Phi) is 4.71. The van der Waals surface area contributed by atoms with Crippen LogP contribution in [0.4, 0.5) is 0 Å².